The highest BCUT2D eigenvalue weighted by atomic mass is 19.1. The molecule has 0 heterocycles. The maximum Gasteiger partial charge on any atom is 0.141 e. The summed E-state index contributed by atoms with van der Waals surface area (Å²) in [5, 5.41) is 0. The zero-order valence-electron chi connectivity index (χ0n) is 7.13. The van der Waals surface area contributed by atoms with E-state index in [1.165, 1.54) is 12.1 Å². The molecular weight excluding hydrogens is 172 g/mol. The van der Waals surface area contributed by atoms with Crippen molar-refractivity contribution in [2.24, 2.45) is 5.73 Å². The van der Waals surface area contributed by atoms with Crippen molar-refractivity contribution in [1.29, 1.82) is 0 Å². The fourth-order valence-electron chi connectivity index (χ4n) is 1.82. The van der Waals surface area contributed by atoms with Crippen LogP contribution in [0.3, 0.4) is 0 Å². The molecule has 0 amide bonds. The number of rotatable bonds is 1. The molecule has 0 aromatic heterocycles. The first-order valence-electron chi connectivity index (χ1n) is 4.31. The van der Waals surface area contributed by atoms with Crippen molar-refractivity contribution >= 4 is 0 Å². The van der Waals surface area contributed by atoms with E-state index in [2.05, 4.69) is 0 Å². The van der Waals surface area contributed by atoms with Crippen LogP contribution in [0.5, 0.6) is 0 Å². The van der Waals surface area contributed by atoms with Gasteiger partial charge in [-0.1, -0.05) is 18.2 Å². The molecule has 0 unspecified atom stereocenters. The van der Waals surface area contributed by atoms with Gasteiger partial charge in [-0.25, -0.2) is 8.78 Å². The van der Waals surface area contributed by atoms with Crippen molar-refractivity contribution < 1.29 is 8.78 Å². The Morgan fingerprint density at radius 3 is 2.46 bits per heavy atom. The average molecular weight is 183 g/mol. The number of benzene rings is 1. The Morgan fingerprint density at radius 1 is 1.31 bits per heavy atom. The molecular formula is C10H11F2N. The monoisotopic (exact) mass is 183 g/mol. The molecule has 0 bridgehead atoms. The molecule has 0 atom stereocenters. The SMILES string of the molecule is NC1CC(F)(c2ccccc2F)C1. The summed E-state index contributed by atoms with van der Waals surface area (Å²) < 4.78 is 27.0. The van der Waals surface area contributed by atoms with Gasteiger partial charge in [0.1, 0.15) is 11.5 Å². The van der Waals surface area contributed by atoms with Gasteiger partial charge in [0.25, 0.3) is 0 Å². The van der Waals surface area contributed by atoms with Crippen molar-refractivity contribution in [3.8, 4) is 0 Å². The lowest BCUT2D eigenvalue weighted by Gasteiger charge is -2.39. The Kier molecular flexibility index (Phi) is 1.84. The van der Waals surface area contributed by atoms with E-state index in [4.69, 9.17) is 5.73 Å². The largest absolute Gasteiger partial charge is 0.327 e. The molecule has 1 aliphatic rings. The predicted octanol–water partition coefficient (Wildman–Crippen LogP) is 2.11. The van der Waals surface area contributed by atoms with Crippen molar-refractivity contribution in [2.45, 2.75) is 24.6 Å². The summed E-state index contributed by atoms with van der Waals surface area (Å²) in [6.07, 6.45) is 0.460. The summed E-state index contributed by atoms with van der Waals surface area (Å²) in [6.45, 7) is 0. The molecule has 0 radical (unpaired) electrons. The average Bonchev–Trinajstić information content (AvgIpc) is 2.02. The van der Waals surface area contributed by atoms with E-state index in [9.17, 15) is 8.78 Å². The quantitative estimate of drug-likeness (QED) is 0.709. The summed E-state index contributed by atoms with van der Waals surface area (Å²) in [7, 11) is 0. The van der Waals surface area contributed by atoms with Gasteiger partial charge >= 0.3 is 0 Å². The molecule has 0 aliphatic heterocycles. The Morgan fingerprint density at radius 2 is 1.92 bits per heavy atom. The van der Waals surface area contributed by atoms with Crippen LogP contribution in [-0.4, -0.2) is 6.04 Å². The van der Waals surface area contributed by atoms with E-state index < -0.39 is 11.5 Å². The van der Waals surface area contributed by atoms with Gasteiger partial charge in [0.2, 0.25) is 0 Å². The lowest BCUT2D eigenvalue weighted by atomic mass is 9.73. The highest BCUT2D eigenvalue weighted by Gasteiger charge is 2.45. The van der Waals surface area contributed by atoms with Gasteiger partial charge in [-0.2, -0.15) is 0 Å². The zero-order chi connectivity index (χ0) is 9.47. The van der Waals surface area contributed by atoms with Crippen LogP contribution >= 0.6 is 0 Å². The third-order valence-corrected chi connectivity index (χ3v) is 2.53. The fourth-order valence-corrected chi connectivity index (χ4v) is 1.82. The lowest BCUT2D eigenvalue weighted by Crippen LogP contribution is -2.46. The molecule has 2 rings (SSSR count). The van der Waals surface area contributed by atoms with Crippen LogP contribution in [0.4, 0.5) is 8.78 Å². The first kappa shape index (κ1) is 8.63. The van der Waals surface area contributed by atoms with Gasteiger partial charge < -0.3 is 5.73 Å². The highest BCUT2D eigenvalue weighted by Crippen LogP contribution is 2.45. The predicted molar refractivity (Wildman–Crippen MR) is 46.4 cm³/mol. The molecule has 1 saturated carbocycles. The second kappa shape index (κ2) is 2.77. The van der Waals surface area contributed by atoms with Crippen molar-refractivity contribution in [3.63, 3.8) is 0 Å². The molecule has 1 aromatic rings. The normalized spacial score (nSPS) is 32.7. The van der Waals surface area contributed by atoms with E-state index >= 15 is 0 Å². The Hall–Kier alpha value is -0.960. The molecule has 13 heavy (non-hydrogen) atoms. The van der Waals surface area contributed by atoms with Gasteiger partial charge in [0.05, 0.1) is 0 Å². The van der Waals surface area contributed by atoms with E-state index in [-0.39, 0.29) is 24.4 Å². The minimum atomic E-state index is -1.52. The van der Waals surface area contributed by atoms with Crippen LogP contribution in [0.25, 0.3) is 0 Å². The van der Waals surface area contributed by atoms with Crippen LogP contribution in [0.2, 0.25) is 0 Å². The molecule has 0 spiro atoms. The summed E-state index contributed by atoms with van der Waals surface area (Å²) in [4.78, 5) is 0. The molecule has 3 heteroatoms. The van der Waals surface area contributed by atoms with Crippen LogP contribution in [-0.2, 0) is 5.67 Å². The minimum Gasteiger partial charge on any atom is -0.327 e. The lowest BCUT2D eigenvalue weighted by molar-refractivity contribution is 0.0369. The van der Waals surface area contributed by atoms with E-state index in [0.29, 0.717) is 0 Å². The Balaban J connectivity index is 2.31. The summed E-state index contributed by atoms with van der Waals surface area (Å²) in [5.41, 5.74) is 4.11. The Labute approximate surface area is 75.6 Å². The van der Waals surface area contributed by atoms with Crippen LogP contribution in [0.1, 0.15) is 18.4 Å². The maximum absolute atomic E-state index is 13.8. The second-order valence-electron chi connectivity index (χ2n) is 3.61. The standard InChI is InChI=1S/C10H11F2N/c11-9-4-2-1-3-8(9)10(12)5-7(13)6-10/h1-4,7H,5-6,13H2. The number of halogens is 2. The highest BCUT2D eigenvalue weighted by molar-refractivity contribution is 5.27. The van der Waals surface area contributed by atoms with Gasteiger partial charge in [-0.15, -0.1) is 0 Å². The fraction of sp³-hybridized carbons (Fsp3) is 0.400. The van der Waals surface area contributed by atoms with E-state index in [1.807, 2.05) is 0 Å². The molecule has 0 saturated heterocycles. The maximum atomic E-state index is 13.8. The number of nitrogens with two attached hydrogens (primary N) is 1. The van der Waals surface area contributed by atoms with Crippen molar-refractivity contribution in [2.75, 3.05) is 0 Å². The molecule has 2 N–H and O–H groups in total. The molecule has 70 valence electrons. The van der Waals surface area contributed by atoms with Crippen molar-refractivity contribution in [3.05, 3.63) is 35.6 Å². The summed E-state index contributed by atoms with van der Waals surface area (Å²) in [6, 6.07) is 5.84. The first-order chi connectivity index (χ1) is 6.12. The summed E-state index contributed by atoms with van der Waals surface area (Å²) in [5.74, 6) is -0.475. The van der Waals surface area contributed by atoms with E-state index in [0.717, 1.165) is 0 Å². The third kappa shape index (κ3) is 1.33. The zero-order valence-corrected chi connectivity index (χ0v) is 7.13. The van der Waals surface area contributed by atoms with Crippen LogP contribution in [0.15, 0.2) is 24.3 Å². The topological polar surface area (TPSA) is 26.0 Å². The van der Waals surface area contributed by atoms with Gasteiger partial charge in [-0.3, -0.25) is 0 Å². The molecule has 1 aliphatic carbocycles. The smallest absolute Gasteiger partial charge is 0.141 e. The molecule has 1 nitrogen and oxygen atoms in total. The van der Waals surface area contributed by atoms with Crippen LogP contribution in [0, 0.1) is 5.82 Å². The third-order valence-electron chi connectivity index (χ3n) is 2.53. The molecule has 1 fully saturated rings. The van der Waals surface area contributed by atoms with Gasteiger partial charge in [0, 0.05) is 24.4 Å². The van der Waals surface area contributed by atoms with Crippen LogP contribution < -0.4 is 5.73 Å². The number of alkyl halides is 1. The van der Waals surface area contributed by atoms with E-state index in [1.54, 1.807) is 12.1 Å². The van der Waals surface area contributed by atoms with Crippen molar-refractivity contribution in [1.82, 2.24) is 0 Å². The number of hydrogen-bond donors (Lipinski definition) is 1. The molecule has 1 aromatic carbocycles. The second-order valence-corrected chi connectivity index (χ2v) is 3.61. The van der Waals surface area contributed by atoms with Gasteiger partial charge in [-0.05, 0) is 6.07 Å². The Bertz CT molecular complexity index is 318. The minimum absolute atomic E-state index is 0.121. The van der Waals surface area contributed by atoms with Gasteiger partial charge in [0.15, 0.2) is 0 Å². The summed E-state index contributed by atoms with van der Waals surface area (Å²) >= 11 is 0. The number of hydrogen-bond acceptors (Lipinski definition) is 1. The first-order valence-corrected chi connectivity index (χ1v) is 4.31.